The van der Waals surface area contributed by atoms with Crippen LogP contribution in [0.2, 0.25) is 0 Å². The molecule has 0 atom stereocenters. The molecule has 1 aliphatic heterocycles. The Morgan fingerprint density at radius 3 is 2.20 bits per heavy atom. The summed E-state index contributed by atoms with van der Waals surface area (Å²) in [7, 11) is 0. The smallest absolute Gasteiger partial charge is 0.253 e. The SMILES string of the molecule is Cc1ccc(N2CCN(C(=O)c3cccc(C(=O)[O-])c3)CC2)cc1C. The number of hydrogen-bond acceptors (Lipinski definition) is 4. The number of carbonyl (C=O) groups excluding carboxylic acids is 2. The average molecular weight is 337 g/mol. The van der Waals surface area contributed by atoms with Crippen molar-refractivity contribution >= 4 is 17.6 Å². The number of carboxylic acid groups (broad SMARTS) is 1. The van der Waals surface area contributed by atoms with Gasteiger partial charge in [0.15, 0.2) is 0 Å². The first kappa shape index (κ1) is 17.0. The van der Waals surface area contributed by atoms with E-state index in [0.717, 1.165) is 13.1 Å². The highest BCUT2D eigenvalue weighted by atomic mass is 16.4. The molecule has 0 radical (unpaired) electrons. The first-order chi connectivity index (χ1) is 12.0. The highest BCUT2D eigenvalue weighted by Gasteiger charge is 2.22. The number of hydrogen-bond donors (Lipinski definition) is 0. The molecule has 0 bridgehead atoms. The number of carboxylic acids is 1. The Kier molecular flexibility index (Phi) is 4.74. The molecule has 2 aromatic rings. The zero-order valence-electron chi connectivity index (χ0n) is 14.5. The fourth-order valence-electron chi connectivity index (χ4n) is 3.05. The number of amides is 1. The number of aromatic carboxylic acids is 1. The second kappa shape index (κ2) is 6.97. The minimum Gasteiger partial charge on any atom is -0.545 e. The van der Waals surface area contributed by atoms with Gasteiger partial charge in [0.25, 0.3) is 5.91 Å². The minimum absolute atomic E-state index is 0.0274. The second-order valence-electron chi connectivity index (χ2n) is 6.42. The highest BCUT2D eigenvalue weighted by molar-refractivity contribution is 5.97. The van der Waals surface area contributed by atoms with Crippen molar-refractivity contribution in [1.82, 2.24) is 4.90 Å². The molecule has 1 saturated heterocycles. The molecule has 0 N–H and O–H groups in total. The molecule has 130 valence electrons. The molecule has 0 spiro atoms. The van der Waals surface area contributed by atoms with Gasteiger partial charge in [0.1, 0.15) is 0 Å². The van der Waals surface area contributed by atoms with E-state index in [1.807, 2.05) is 0 Å². The first-order valence-electron chi connectivity index (χ1n) is 8.38. The van der Waals surface area contributed by atoms with Crippen molar-refractivity contribution in [2.75, 3.05) is 31.1 Å². The summed E-state index contributed by atoms with van der Waals surface area (Å²) in [5, 5.41) is 11.0. The zero-order valence-corrected chi connectivity index (χ0v) is 14.5. The zero-order chi connectivity index (χ0) is 18.0. The van der Waals surface area contributed by atoms with Crippen LogP contribution in [-0.4, -0.2) is 43.0 Å². The predicted molar refractivity (Wildman–Crippen MR) is 94.8 cm³/mol. The van der Waals surface area contributed by atoms with Crippen molar-refractivity contribution < 1.29 is 14.7 Å². The lowest BCUT2D eigenvalue weighted by Gasteiger charge is -2.36. The third-order valence-corrected chi connectivity index (χ3v) is 4.77. The van der Waals surface area contributed by atoms with E-state index in [4.69, 9.17) is 0 Å². The number of rotatable bonds is 3. The molecular weight excluding hydrogens is 316 g/mol. The number of aryl methyl sites for hydroxylation is 2. The van der Waals surface area contributed by atoms with Gasteiger partial charge in [0, 0.05) is 37.4 Å². The van der Waals surface area contributed by atoms with E-state index in [0.29, 0.717) is 18.7 Å². The number of carbonyl (C=O) groups is 2. The van der Waals surface area contributed by atoms with E-state index in [1.165, 1.54) is 28.9 Å². The van der Waals surface area contributed by atoms with Gasteiger partial charge in [0.05, 0.1) is 5.97 Å². The molecule has 0 unspecified atom stereocenters. The second-order valence-corrected chi connectivity index (χ2v) is 6.42. The summed E-state index contributed by atoms with van der Waals surface area (Å²) in [6.07, 6.45) is 0. The van der Waals surface area contributed by atoms with Crippen LogP contribution in [0.25, 0.3) is 0 Å². The molecule has 0 aromatic heterocycles. The quantitative estimate of drug-likeness (QED) is 0.854. The Balaban J connectivity index is 1.67. The topological polar surface area (TPSA) is 63.7 Å². The Labute approximate surface area is 147 Å². The van der Waals surface area contributed by atoms with Crippen LogP contribution in [0.4, 0.5) is 5.69 Å². The maximum absolute atomic E-state index is 12.6. The van der Waals surface area contributed by atoms with Gasteiger partial charge in [-0.3, -0.25) is 4.79 Å². The van der Waals surface area contributed by atoms with Crippen molar-refractivity contribution in [2.24, 2.45) is 0 Å². The molecule has 5 nitrogen and oxygen atoms in total. The third kappa shape index (κ3) is 3.65. The summed E-state index contributed by atoms with van der Waals surface area (Å²) in [5.74, 6) is -1.41. The minimum atomic E-state index is -1.27. The van der Waals surface area contributed by atoms with Crippen LogP contribution in [0.3, 0.4) is 0 Å². The van der Waals surface area contributed by atoms with Gasteiger partial charge in [-0.1, -0.05) is 18.2 Å². The molecule has 1 aliphatic rings. The summed E-state index contributed by atoms with van der Waals surface area (Å²) >= 11 is 0. The van der Waals surface area contributed by atoms with E-state index < -0.39 is 5.97 Å². The van der Waals surface area contributed by atoms with E-state index in [2.05, 4.69) is 36.9 Å². The van der Waals surface area contributed by atoms with Gasteiger partial charge in [0.2, 0.25) is 0 Å². The van der Waals surface area contributed by atoms with E-state index in [1.54, 1.807) is 17.0 Å². The summed E-state index contributed by atoms with van der Waals surface area (Å²) in [6, 6.07) is 12.4. The summed E-state index contributed by atoms with van der Waals surface area (Å²) in [4.78, 5) is 27.6. The molecule has 5 heteroatoms. The van der Waals surface area contributed by atoms with Crippen LogP contribution in [0.15, 0.2) is 42.5 Å². The maximum atomic E-state index is 12.6. The van der Waals surface area contributed by atoms with E-state index in [-0.39, 0.29) is 11.5 Å². The van der Waals surface area contributed by atoms with Crippen molar-refractivity contribution in [2.45, 2.75) is 13.8 Å². The Bertz CT molecular complexity index is 808. The lowest BCUT2D eigenvalue weighted by atomic mass is 10.1. The van der Waals surface area contributed by atoms with Crippen LogP contribution < -0.4 is 10.0 Å². The molecule has 0 aliphatic carbocycles. The molecule has 0 saturated carbocycles. The van der Waals surface area contributed by atoms with E-state index in [9.17, 15) is 14.7 Å². The number of piperazine rings is 1. The molecule has 1 heterocycles. The standard InChI is InChI=1S/C20H22N2O3/c1-14-6-7-18(12-15(14)2)21-8-10-22(11-9-21)19(23)16-4-3-5-17(13-16)20(24)25/h3-7,12-13H,8-11H2,1-2H3,(H,24,25)/p-1. The van der Waals surface area contributed by atoms with Crippen molar-refractivity contribution in [3.63, 3.8) is 0 Å². The normalized spacial score (nSPS) is 14.5. The molecular formula is C20H21N2O3-. The van der Waals surface area contributed by atoms with Gasteiger partial charge in [-0.15, -0.1) is 0 Å². The lowest BCUT2D eigenvalue weighted by molar-refractivity contribution is -0.255. The Hall–Kier alpha value is -2.82. The largest absolute Gasteiger partial charge is 0.545 e. The van der Waals surface area contributed by atoms with Crippen molar-refractivity contribution in [3.05, 3.63) is 64.7 Å². The first-order valence-corrected chi connectivity index (χ1v) is 8.38. The molecule has 1 amide bonds. The van der Waals surface area contributed by atoms with Gasteiger partial charge in [-0.05, 0) is 54.8 Å². The van der Waals surface area contributed by atoms with Crippen molar-refractivity contribution in [1.29, 1.82) is 0 Å². The predicted octanol–water partition coefficient (Wildman–Crippen LogP) is 1.63. The van der Waals surface area contributed by atoms with Crippen LogP contribution in [0.1, 0.15) is 31.8 Å². The van der Waals surface area contributed by atoms with Gasteiger partial charge in [-0.25, -0.2) is 0 Å². The molecule has 1 fully saturated rings. The molecule has 25 heavy (non-hydrogen) atoms. The van der Waals surface area contributed by atoms with Crippen molar-refractivity contribution in [3.8, 4) is 0 Å². The fourth-order valence-corrected chi connectivity index (χ4v) is 3.05. The Morgan fingerprint density at radius 1 is 0.880 bits per heavy atom. The van der Waals surface area contributed by atoms with Gasteiger partial charge >= 0.3 is 0 Å². The van der Waals surface area contributed by atoms with Gasteiger partial charge in [-0.2, -0.15) is 0 Å². The van der Waals surface area contributed by atoms with Crippen LogP contribution >= 0.6 is 0 Å². The number of anilines is 1. The highest BCUT2D eigenvalue weighted by Crippen LogP contribution is 2.21. The summed E-state index contributed by atoms with van der Waals surface area (Å²) in [5.41, 5.74) is 4.12. The summed E-state index contributed by atoms with van der Waals surface area (Å²) < 4.78 is 0. The van der Waals surface area contributed by atoms with Crippen LogP contribution in [0.5, 0.6) is 0 Å². The Morgan fingerprint density at radius 2 is 1.56 bits per heavy atom. The van der Waals surface area contributed by atoms with E-state index >= 15 is 0 Å². The third-order valence-electron chi connectivity index (χ3n) is 4.77. The molecule has 2 aromatic carbocycles. The lowest BCUT2D eigenvalue weighted by Crippen LogP contribution is -2.48. The average Bonchev–Trinajstić information content (AvgIpc) is 2.63. The monoisotopic (exact) mass is 337 g/mol. The maximum Gasteiger partial charge on any atom is 0.253 e. The van der Waals surface area contributed by atoms with Crippen LogP contribution in [0, 0.1) is 13.8 Å². The number of benzene rings is 2. The summed E-state index contributed by atoms with van der Waals surface area (Å²) in [6.45, 7) is 6.94. The fraction of sp³-hybridized carbons (Fsp3) is 0.300. The number of nitrogens with zero attached hydrogens (tertiary/aromatic N) is 2. The van der Waals surface area contributed by atoms with Crippen LogP contribution in [-0.2, 0) is 0 Å². The molecule has 3 rings (SSSR count). The van der Waals surface area contributed by atoms with Gasteiger partial charge < -0.3 is 19.7 Å².